The summed E-state index contributed by atoms with van der Waals surface area (Å²) in [6, 6.07) is 14.8. The molecule has 0 saturated heterocycles. The zero-order chi connectivity index (χ0) is 23.0. The number of carboxylic acids is 1. The summed E-state index contributed by atoms with van der Waals surface area (Å²) in [5, 5.41) is 8.98. The number of hydrogen-bond acceptors (Lipinski definition) is 4. The van der Waals surface area contributed by atoms with Gasteiger partial charge in [0.15, 0.2) is 0 Å². The average Bonchev–Trinajstić information content (AvgIpc) is 2.82. The first-order chi connectivity index (χ1) is 15.6. The molecular formula is C27H34O5. The molecule has 0 atom stereocenters. The zero-order valence-corrected chi connectivity index (χ0v) is 18.8. The minimum Gasteiger partial charge on any atom is -0.494 e. The first-order valence-corrected chi connectivity index (χ1v) is 11.5. The van der Waals surface area contributed by atoms with Crippen LogP contribution in [0.1, 0.15) is 68.1 Å². The first-order valence-electron chi connectivity index (χ1n) is 11.5. The summed E-state index contributed by atoms with van der Waals surface area (Å²) in [6.07, 6.45) is 11.6. The van der Waals surface area contributed by atoms with Crippen LogP contribution in [0.3, 0.4) is 0 Å². The molecule has 0 saturated carbocycles. The van der Waals surface area contributed by atoms with Gasteiger partial charge in [-0.15, -0.1) is 0 Å². The molecule has 5 nitrogen and oxygen atoms in total. The Labute approximate surface area is 191 Å². The third-order valence-electron chi connectivity index (χ3n) is 5.29. The summed E-state index contributed by atoms with van der Waals surface area (Å²) >= 11 is 0. The van der Waals surface area contributed by atoms with E-state index >= 15 is 0 Å². The second-order valence-electron chi connectivity index (χ2n) is 7.81. The summed E-state index contributed by atoms with van der Waals surface area (Å²) in [7, 11) is 0. The lowest BCUT2D eigenvalue weighted by molar-refractivity contribution is -0.137. The van der Waals surface area contributed by atoms with Crippen LogP contribution < -0.4 is 4.74 Å². The van der Waals surface area contributed by atoms with Crippen molar-refractivity contribution >= 4 is 11.9 Å². The van der Waals surface area contributed by atoms with Gasteiger partial charge in [0, 0.05) is 6.08 Å². The maximum atomic E-state index is 10.9. The Morgan fingerprint density at radius 2 is 1.19 bits per heavy atom. The van der Waals surface area contributed by atoms with E-state index in [0.717, 1.165) is 42.7 Å². The molecule has 0 aliphatic heterocycles. The lowest BCUT2D eigenvalue weighted by Gasteiger charge is -2.08. The molecule has 2 aromatic carbocycles. The Hall–Kier alpha value is -3.08. The third kappa shape index (κ3) is 9.82. The molecule has 172 valence electrons. The lowest BCUT2D eigenvalue weighted by atomic mass is 10.0. The van der Waals surface area contributed by atoms with Crippen LogP contribution in [0.4, 0.5) is 0 Å². The van der Waals surface area contributed by atoms with Crippen molar-refractivity contribution in [3.63, 3.8) is 0 Å². The Balaban J connectivity index is 1.48. The molecule has 0 aromatic heterocycles. The van der Waals surface area contributed by atoms with Gasteiger partial charge in [0.25, 0.3) is 0 Å². The Kier molecular flexibility index (Phi) is 11.7. The molecule has 0 radical (unpaired) electrons. The van der Waals surface area contributed by atoms with Crippen LogP contribution in [0.2, 0.25) is 0 Å². The molecule has 0 bridgehead atoms. The minimum atomic E-state index is -0.916. The second kappa shape index (κ2) is 14.8. The summed E-state index contributed by atoms with van der Waals surface area (Å²) in [5.41, 5.74) is 2.31. The second-order valence-corrected chi connectivity index (χ2v) is 7.81. The monoisotopic (exact) mass is 438 g/mol. The molecule has 5 heteroatoms. The Morgan fingerprint density at radius 1 is 0.719 bits per heavy atom. The molecule has 0 spiro atoms. The maximum Gasteiger partial charge on any atom is 0.335 e. The van der Waals surface area contributed by atoms with E-state index in [9.17, 15) is 9.59 Å². The van der Waals surface area contributed by atoms with Crippen molar-refractivity contribution in [2.75, 3.05) is 13.2 Å². The normalized spacial score (nSPS) is 10.5. The fourth-order valence-corrected chi connectivity index (χ4v) is 3.41. The molecular weight excluding hydrogens is 404 g/mol. The van der Waals surface area contributed by atoms with Crippen LogP contribution in [0.15, 0.2) is 61.2 Å². The van der Waals surface area contributed by atoms with Gasteiger partial charge in [-0.2, -0.15) is 0 Å². The largest absolute Gasteiger partial charge is 0.494 e. The number of aromatic carboxylic acids is 1. The van der Waals surface area contributed by atoms with E-state index in [2.05, 4.69) is 6.58 Å². The predicted molar refractivity (Wildman–Crippen MR) is 127 cm³/mol. The summed E-state index contributed by atoms with van der Waals surface area (Å²) in [4.78, 5) is 21.8. The fourth-order valence-electron chi connectivity index (χ4n) is 3.41. The molecule has 0 amide bonds. The summed E-state index contributed by atoms with van der Waals surface area (Å²) in [5.74, 6) is -0.397. The number of rotatable bonds is 16. The zero-order valence-electron chi connectivity index (χ0n) is 18.8. The summed E-state index contributed by atoms with van der Waals surface area (Å²) in [6.45, 7) is 4.59. The molecule has 0 heterocycles. The van der Waals surface area contributed by atoms with E-state index < -0.39 is 5.97 Å². The predicted octanol–water partition coefficient (Wildman–Crippen LogP) is 6.67. The van der Waals surface area contributed by atoms with Crippen molar-refractivity contribution in [2.24, 2.45) is 0 Å². The van der Waals surface area contributed by atoms with Crippen molar-refractivity contribution in [3.05, 3.63) is 66.7 Å². The van der Waals surface area contributed by atoms with Crippen molar-refractivity contribution in [1.29, 1.82) is 0 Å². The highest BCUT2D eigenvalue weighted by molar-refractivity contribution is 5.88. The van der Waals surface area contributed by atoms with Crippen molar-refractivity contribution < 1.29 is 24.2 Å². The van der Waals surface area contributed by atoms with E-state index in [4.69, 9.17) is 14.6 Å². The van der Waals surface area contributed by atoms with Crippen molar-refractivity contribution in [1.82, 2.24) is 0 Å². The number of unbranched alkanes of at least 4 members (excludes halogenated alkanes) is 8. The average molecular weight is 439 g/mol. The number of carboxylic acid groups (broad SMARTS) is 1. The van der Waals surface area contributed by atoms with Crippen LogP contribution in [-0.2, 0) is 9.53 Å². The van der Waals surface area contributed by atoms with E-state index in [1.165, 1.54) is 44.6 Å². The fraction of sp³-hybridized carbons (Fsp3) is 0.407. The van der Waals surface area contributed by atoms with Crippen molar-refractivity contribution in [2.45, 2.75) is 57.8 Å². The van der Waals surface area contributed by atoms with Gasteiger partial charge in [0.1, 0.15) is 5.75 Å². The van der Waals surface area contributed by atoms with Gasteiger partial charge < -0.3 is 14.6 Å². The highest BCUT2D eigenvalue weighted by Gasteiger charge is 2.04. The van der Waals surface area contributed by atoms with Gasteiger partial charge in [-0.05, 0) is 48.2 Å². The topological polar surface area (TPSA) is 72.8 Å². The first kappa shape index (κ1) is 25.2. The van der Waals surface area contributed by atoms with E-state index in [1.54, 1.807) is 12.1 Å². The van der Waals surface area contributed by atoms with E-state index in [1.807, 2.05) is 36.4 Å². The number of benzene rings is 2. The van der Waals surface area contributed by atoms with Crippen LogP contribution >= 0.6 is 0 Å². The summed E-state index contributed by atoms with van der Waals surface area (Å²) < 4.78 is 10.8. The standard InChI is InChI=1S/C27H34O5/c1-2-26(28)32-21-11-9-7-5-3-4-6-8-10-20-31-25-18-16-23(17-19-25)22-12-14-24(15-13-22)27(29)30/h2,12-19H,1,3-11,20-21H2,(H,29,30). The van der Waals surface area contributed by atoms with Crippen molar-refractivity contribution in [3.8, 4) is 16.9 Å². The maximum absolute atomic E-state index is 10.9. The Bertz CT molecular complexity index is 824. The van der Waals surface area contributed by atoms with Crippen LogP contribution in [-0.4, -0.2) is 30.3 Å². The number of carbonyl (C=O) groups excluding carboxylic acids is 1. The van der Waals surface area contributed by atoms with Gasteiger partial charge in [-0.1, -0.05) is 75.8 Å². The molecule has 0 aliphatic carbocycles. The SMILES string of the molecule is C=CC(=O)OCCCCCCCCCCCOc1ccc(-c2ccc(C(=O)O)cc2)cc1. The number of carbonyl (C=O) groups is 2. The van der Waals surface area contributed by atoms with Gasteiger partial charge in [-0.3, -0.25) is 0 Å². The van der Waals surface area contributed by atoms with Gasteiger partial charge in [-0.25, -0.2) is 9.59 Å². The van der Waals surface area contributed by atoms with Crippen LogP contribution in [0, 0.1) is 0 Å². The smallest absolute Gasteiger partial charge is 0.335 e. The number of esters is 1. The minimum absolute atomic E-state index is 0.289. The highest BCUT2D eigenvalue weighted by atomic mass is 16.5. The number of ether oxygens (including phenoxy) is 2. The van der Waals surface area contributed by atoms with Gasteiger partial charge >= 0.3 is 11.9 Å². The lowest BCUT2D eigenvalue weighted by Crippen LogP contribution is -2.01. The molecule has 0 fully saturated rings. The Morgan fingerprint density at radius 3 is 1.69 bits per heavy atom. The number of hydrogen-bond donors (Lipinski definition) is 1. The highest BCUT2D eigenvalue weighted by Crippen LogP contribution is 2.23. The van der Waals surface area contributed by atoms with Crippen LogP contribution in [0.25, 0.3) is 11.1 Å². The van der Waals surface area contributed by atoms with Gasteiger partial charge in [0.05, 0.1) is 18.8 Å². The molecule has 32 heavy (non-hydrogen) atoms. The van der Waals surface area contributed by atoms with E-state index in [-0.39, 0.29) is 11.5 Å². The molecule has 2 aromatic rings. The van der Waals surface area contributed by atoms with E-state index in [0.29, 0.717) is 6.61 Å². The molecule has 1 N–H and O–H groups in total. The molecule has 0 aliphatic rings. The third-order valence-corrected chi connectivity index (χ3v) is 5.29. The quantitative estimate of drug-likeness (QED) is 0.180. The molecule has 2 rings (SSSR count). The molecule has 0 unspecified atom stereocenters. The van der Waals surface area contributed by atoms with Crippen LogP contribution in [0.5, 0.6) is 5.75 Å². The van der Waals surface area contributed by atoms with Gasteiger partial charge in [0.2, 0.25) is 0 Å².